The number of epoxide rings is 1. The molecule has 1 aliphatic heterocycles. The van der Waals surface area contributed by atoms with Crippen molar-refractivity contribution in [2.45, 2.75) is 251 Å². The maximum atomic E-state index is 12.0. The van der Waals surface area contributed by atoms with Crippen LogP contribution < -0.4 is 0 Å². The van der Waals surface area contributed by atoms with Gasteiger partial charge >= 0.3 is 11.9 Å². The van der Waals surface area contributed by atoms with Crippen molar-refractivity contribution in [3.8, 4) is 0 Å². The molecule has 306 valence electrons. The lowest BCUT2D eigenvalue weighted by Gasteiger charge is -2.12. The summed E-state index contributed by atoms with van der Waals surface area (Å²) in [6.07, 6.45) is 44.4. The molecule has 52 heavy (non-hydrogen) atoms. The van der Waals surface area contributed by atoms with E-state index in [1.165, 1.54) is 141 Å². The van der Waals surface area contributed by atoms with Crippen molar-refractivity contribution in [2.75, 3.05) is 13.2 Å². The zero-order chi connectivity index (χ0) is 37.7. The Balaban J connectivity index is 1.77. The molecule has 1 N–H and O–H groups in total. The minimum Gasteiger partial charge on any atom is -0.463 e. The second-order valence-corrected chi connectivity index (χ2v) is 16.2. The monoisotopic (exact) mass is 735 g/mol. The number of hydrogen-bond acceptors (Lipinski definition) is 6. The molecule has 0 aliphatic carbocycles. The molecule has 1 rings (SSSR count). The summed E-state index contributed by atoms with van der Waals surface area (Å²) in [6, 6.07) is 0. The Morgan fingerprint density at radius 3 is 1.48 bits per heavy atom. The van der Waals surface area contributed by atoms with Crippen molar-refractivity contribution in [3.05, 3.63) is 12.2 Å². The Hall–Kier alpha value is -1.40. The number of carbonyl (C=O) groups excluding carboxylic acids is 2. The minimum absolute atomic E-state index is 0.119. The Morgan fingerprint density at radius 1 is 0.577 bits per heavy atom. The Bertz CT molecular complexity index is 828. The van der Waals surface area contributed by atoms with Crippen LogP contribution in [0.2, 0.25) is 0 Å². The molecular formula is C46H86O6. The second kappa shape index (κ2) is 36.6. The first-order valence-corrected chi connectivity index (χ1v) is 22.8. The lowest BCUT2D eigenvalue weighted by Crippen LogP contribution is -2.25. The number of unbranched alkanes of at least 4 members (excludes halogenated alkanes) is 24. The molecule has 0 bridgehead atoms. The third-order valence-corrected chi connectivity index (χ3v) is 11.0. The molecule has 0 aromatic rings. The van der Waals surface area contributed by atoms with Gasteiger partial charge in [-0.05, 0) is 44.4 Å². The Morgan fingerprint density at radius 2 is 1.02 bits per heavy atom. The van der Waals surface area contributed by atoms with Gasteiger partial charge < -0.3 is 19.3 Å². The quantitative estimate of drug-likeness (QED) is 0.0292. The van der Waals surface area contributed by atoms with Gasteiger partial charge in [-0.1, -0.05) is 193 Å². The predicted molar refractivity (Wildman–Crippen MR) is 219 cm³/mol. The average molecular weight is 735 g/mol. The number of hydrogen-bond donors (Lipinski definition) is 1. The fraction of sp³-hybridized carbons (Fsp3) is 0.913. The summed E-state index contributed by atoms with van der Waals surface area (Å²) in [5.74, 6) is 0.338. The van der Waals surface area contributed by atoms with Gasteiger partial charge in [0.2, 0.25) is 0 Å². The second-order valence-electron chi connectivity index (χ2n) is 16.2. The third kappa shape index (κ3) is 33.2. The first-order valence-electron chi connectivity index (χ1n) is 22.8. The maximum absolute atomic E-state index is 12.0. The molecule has 0 spiro atoms. The smallest absolute Gasteiger partial charge is 0.305 e. The van der Waals surface area contributed by atoms with Gasteiger partial charge in [-0.2, -0.15) is 0 Å². The van der Waals surface area contributed by atoms with Gasteiger partial charge in [0.05, 0.1) is 12.2 Å². The van der Waals surface area contributed by atoms with Crippen LogP contribution in [-0.4, -0.2) is 48.6 Å². The van der Waals surface area contributed by atoms with E-state index >= 15 is 0 Å². The number of allylic oxidation sites excluding steroid dienone is 1. The van der Waals surface area contributed by atoms with Crippen molar-refractivity contribution < 1.29 is 28.9 Å². The fourth-order valence-corrected chi connectivity index (χ4v) is 7.01. The van der Waals surface area contributed by atoms with Crippen LogP contribution in [0.4, 0.5) is 0 Å². The molecule has 1 fully saturated rings. The number of rotatable bonds is 40. The summed E-state index contributed by atoms with van der Waals surface area (Å²) in [5.41, 5.74) is 0. The third-order valence-electron chi connectivity index (χ3n) is 11.0. The van der Waals surface area contributed by atoms with E-state index in [1.54, 1.807) is 0 Å². The lowest BCUT2D eigenvalue weighted by atomic mass is 9.99. The summed E-state index contributed by atoms with van der Waals surface area (Å²) in [4.78, 5) is 24.1. The van der Waals surface area contributed by atoms with E-state index in [4.69, 9.17) is 14.2 Å². The van der Waals surface area contributed by atoms with Gasteiger partial charge in [0.1, 0.15) is 19.3 Å². The van der Waals surface area contributed by atoms with E-state index < -0.39 is 6.10 Å². The van der Waals surface area contributed by atoms with Crippen molar-refractivity contribution in [1.29, 1.82) is 0 Å². The van der Waals surface area contributed by atoms with Crippen molar-refractivity contribution in [1.82, 2.24) is 0 Å². The highest BCUT2D eigenvalue weighted by molar-refractivity contribution is 5.69. The van der Waals surface area contributed by atoms with Gasteiger partial charge in [0.25, 0.3) is 0 Å². The molecule has 0 saturated carbocycles. The molecule has 6 heteroatoms. The molecule has 1 heterocycles. The van der Waals surface area contributed by atoms with Crippen molar-refractivity contribution in [3.63, 3.8) is 0 Å². The highest BCUT2D eigenvalue weighted by Gasteiger charge is 2.36. The fourth-order valence-electron chi connectivity index (χ4n) is 7.01. The zero-order valence-corrected chi connectivity index (χ0v) is 34.7. The van der Waals surface area contributed by atoms with E-state index in [2.05, 4.69) is 32.9 Å². The van der Waals surface area contributed by atoms with Crippen molar-refractivity contribution in [2.24, 2.45) is 5.92 Å². The van der Waals surface area contributed by atoms with Crippen LogP contribution in [0.5, 0.6) is 0 Å². The van der Waals surface area contributed by atoms with E-state index in [1.807, 2.05) is 0 Å². The highest BCUT2D eigenvalue weighted by Crippen LogP contribution is 2.30. The zero-order valence-electron chi connectivity index (χ0n) is 34.7. The van der Waals surface area contributed by atoms with Crippen LogP contribution in [0.3, 0.4) is 0 Å². The SMILES string of the molecule is CCCCC/C=C\CC1OC1CCCCCCCC(=O)OC[C@@H](O)COC(=O)CCCCCCCCCCCCCCCCCCCCC(C)CC. The van der Waals surface area contributed by atoms with Crippen LogP contribution in [0, 0.1) is 5.92 Å². The van der Waals surface area contributed by atoms with Crippen molar-refractivity contribution >= 4 is 11.9 Å². The number of aliphatic hydroxyl groups is 1. The van der Waals surface area contributed by atoms with Crippen LogP contribution >= 0.6 is 0 Å². The van der Waals surface area contributed by atoms with E-state index in [-0.39, 0.29) is 25.2 Å². The van der Waals surface area contributed by atoms with E-state index in [9.17, 15) is 14.7 Å². The minimum atomic E-state index is -0.971. The molecule has 0 radical (unpaired) electrons. The van der Waals surface area contributed by atoms with Gasteiger partial charge in [0, 0.05) is 12.8 Å². The van der Waals surface area contributed by atoms with Gasteiger partial charge in [-0.25, -0.2) is 0 Å². The molecule has 1 aliphatic rings. The molecule has 0 amide bonds. The normalized spacial score (nSPS) is 16.7. The number of ether oxygens (including phenoxy) is 3. The summed E-state index contributed by atoms with van der Waals surface area (Å²) in [5, 5.41) is 10.1. The van der Waals surface area contributed by atoms with Gasteiger partial charge in [0.15, 0.2) is 0 Å². The molecular weight excluding hydrogens is 648 g/mol. The standard InChI is InChI=1S/C46H86O6/c1-4-6-7-8-25-30-35-43-44(52-43)36-31-26-23-28-33-38-46(49)51-40-42(47)39-50-45(48)37-32-27-22-20-18-16-14-12-10-9-11-13-15-17-19-21-24-29-34-41(3)5-2/h25,30,41-44,47H,4-24,26-29,31-40H2,1-3H3/b30-25-/t41?,42-,43?,44?/m0/s1. The largest absolute Gasteiger partial charge is 0.463 e. The van der Waals surface area contributed by atoms with Crippen LogP contribution in [-0.2, 0) is 23.8 Å². The topological polar surface area (TPSA) is 85.4 Å². The number of esters is 2. The Kier molecular flexibility index (Phi) is 34.2. The van der Waals surface area contributed by atoms with Crippen LogP contribution in [0.25, 0.3) is 0 Å². The van der Waals surface area contributed by atoms with E-state index in [0.29, 0.717) is 25.0 Å². The lowest BCUT2D eigenvalue weighted by molar-refractivity contribution is -0.152. The Labute approximate surface area is 322 Å². The molecule has 4 atom stereocenters. The molecule has 3 unspecified atom stereocenters. The molecule has 0 aromatic carbocycles. The average Bonchev–Trinajstić information content (AvgIpc) is 3.90. The summed E-state index contributed by atoms with van der Waals surface area (Å²) >= 11 is 0. The summed E-state index contributed by atoms with van der Waals surface area (Å²) in [7, 11) is 0. The first-order chi connectivity index (χ1) is 25.5. The first kappa shape index (κ1) is 48.6. The van der Waals surface area contributed by atoms with Gasteiger partial charge in [-0.15, -0.1) is 0 Å². The highest BCUT2D eigenvalue weighted by atomic mass is 16.6. The molecule has 0 aromatic heterocycles. The molecule has 1 saturated heterocycles. The van der Waals surface area contributed by atoms with Crippen LogP contribution in [0.1, 0.15) is 233 Å². The number of carbonyl (C=O) groups is 2. The summed E-state index contributed by atoms with van der Waals surface area (Å²) in [6.45, 7) is 6.68. The van der Waals surface area contributed by atoms with Gasteiger partial charge in [-0.3, -0.25) is 9.59 Å². The van der Waals surface area contributed by atoms with Crippen LogP contribution in [0.15, 0.2) is 12.2 Å². The predicted octanol–water partition coefficient (Wildman–Crippen LogP) is 13.3. The summed E-state index contributed by atoms with van der Waals surface area (Å²) < 4.78 is 16.2. The maximum Gasteiger partial charge on any atom is 0.305 e. The number of aliphatic hydroxyl groups excluding tert-OH is 1. The molecule has 6 nitrogen and oxygen atoms in total. The van der Waals surface area contributed by atoms with E-state index in [0.717, 1.165) is 63.7 Å².